The molecule has 3 aromatic rings. The molecule has 0 spiro atoms. The summed E-state index contributed by atoms with van der Waals surface area (Å²) >= 11 is 0. The zero-order chi connectivity index (χ0) is 27.2. The SMILES string of the molecule is Cc1[nH]c2ccccc2c1COc1ccc(C(N)=O)c(C[C@@H](C(=O)NO)N2CCCC(CN(C)C)CC2)c1. The Kier molecular flexibility index (Phi) is 9.04. The molecule has 2 heterocycles. The number of ether oxygens (including phenoxy) is 1. The van der Waals surface area contributed by atoms with Crippen LogP contribution in [0.15, 0.2) is 42.5 Å². The molecular formula is C29H39N5O4. The molecule has 4 rings (SSSR count). The number of hydrogen-bond acceptors (Lipinski definition) is 6. The van der Waals surface area contributed by atoms with Gasteiger partial charge >= 0.3 is 0 Å². The van der Waals surface area contributed by atoms with Crippen LogP contribution in [0.5, 0.6) is 5.75 Å². The summed E-state index contributed by atoms with van der Waals surface area (Å²) in [5.74, 6) is 0.0785. The molecule has 2 aromatic carbocycles. The molecule has 5 N–H and O–H groups in total. The highest BCUT2D eigenvalue weighted by Gasteiger charge is 2.30. The van der Waals surface area contributed by atoms with Crippen molar-refractivity contribution in [2.75, 3.05) is 33.7 Å². The molecule has 0 saturated carbocycles. The Bertz CT molecular complexity index is 1270. The van der Waals surface area contributed by atoms with Crippen molar-refractivity contribution in [3.63, 3.8) is 0 Å². The minimum Gasteiger partial charge on any atom is -0.489 e. The number of hydrogen-bond donors (Lipinski definition) is 4. The largest absolute Gasteiger partial charge is 0.489 e. The Morgan fingerprint density at radius 2 is 2.00 bits per heavy atom. The molecule has 1 unspecified atom stereocenters. The lowest BCUT2D eigenvalue weighted by molar-refractivity contribution is -0.134. The molecule has 9 heteroatoms. The lowest BCUT2D eigenvalue weighted by Crippen LogP contribution is -2.48. The van der Waals surface area contributed by atoms with Gasteiger partial charge in [0.05, 0.1) is 6.04 Å². The first-order valence-electron chi connectivity index (χ1n) is 13.2. The predicted octanol–water partition coefficient (Wildman–Crippen LogP) is 3.23. The second-order valence-corrected chi connectivity index (χ2v) is 10.5. The number of benzene rings is 2. The van der Waals surface area contributed by atoms with Crippen LogP contribution >= 0.6 is 0 Å². The number of carbonyl (C=O) groups excluding carboxylic acids is 2. The molecule has 9 nitrogen and oxygen atoms in total. The Morgan fingerprint density at radius 1 is 1.21 bits per heavy atom. The third kappa shape index (κ3) is 6.53. The van der Waals surface area contributed by atoms with Gasteiger partial charge in [0, 0.05) is 34.3 Å². The van der Waals surface area contributed by atoms with Crippen molar-refractivity contribution < 1.29 is 19.5 Å². The molecule has 1 saturated heterocycles. The number of nitrogens with one attached hydrogen (secondary N) is 2. The zero-order valence-electron chi connectivity index (χ0n) is 22.5. The highest BCUT2D eigenvalue weighted by atomic mass is 16.5. The standard InChI is InChI=1S/C29H39N5O4/c1-19-25(24-8-4-5-9-26(24)31-19)18-38-22-10-11-23(28(30)35)21(15-22)16-27(29(36)32-37)34-13-6-7-20(12-14-34)17-33(2)3/h4-5,8-11,15,20,27,31,37H,6-7,12-14,16-18H2,1-3H3,(H2,30,35)(H,32,36)/t20?,27-/m0/s1. The van der Waals surface area contributed by atoms with Gasteiger partial charge in [-0.15, -0.1) is 0 Å². The first kappa shape index (κ1) is 27.6. The summed E-state index contributed by atoms with van der Waals surface area (Å²) in [7, 11) is 4.15. The van der Waals surface area contributed by atoms with Gasteiger partial charge in [-0.2, -0.15) is 0 Å². The van der Waals surface area contributed by atoms with Crippen molar-refractivity contribution in [2.45, 2.75) is 45.3 Å². The molecule has 38 heavy (non-hydrogen) atoms. The number of aromatic amines is 1. The number of primary amides is 1. The van der Waals surface area contributed by atoms with E-state index >= 15 is 0 Å². The van der Waals surface area contributed by atoms with Crippen molar-refractivity contribution in [3.8, 4) is 5.75 Å². The molecule has 1 aliphatic heterocycles. The fourth-order valence-electron chi connectivity index (χ4n) is 5.61. The minimum absolute atomic E-state index is 0.228. The molecule has 2 atom stereocenters. The Morgan fingerprint density at radius 3 is 2.74 bits per heavy atom. The van der Waals surface area contributed by atoms with E-state index in [9.17, 15) is 14.8 Å². The molecule has 1 aromatic heterocycles. The molecule has 0 bridgehead atoms. The van der Waals surface area contributed by atoms with Crippen molar-refractivity contribution >= 4 is 22.7 Å². The first-order valence-corrected chi connectivity index (χ1v) is 13.2. The van der Waals surface area contributed by atoms with E-state index in [1.165, 1.54) is 0 Å². The van der Waals surface area contributed by atoms with Crippen molar-refractivity contribution in [2.24, 2.45) is 11.7 Å². The van der Waals surface area contributed by atoms with Gasteiger partial charge in [0.25, 0.3) is 5.91 Å². The van der Waals surface area contributed by atoms with E-state index < -0.39 is 17.9 Å². The van der Waals surface area contributed by atoms with Gasteiger partial charge in [-0.1, -0.05) is 18.2 Å². The van der Waals surface area contributed by atoms with Crippen LogP contribution in [-0.2, 0) is 17.8 Å². The number of aromatic nitrogens is 1. The number of hydroxylamine groups is 1. The number of H-pyrrole nitrogens is 1. The van der Waals surface area contributed by atoms with Crippen molar-refractivity contribution in [1.82, 2.24) is 20.3 Å². The van der Waals surface area contributed by atoms with Crippen LogP contribution in [0, 0.1) is 12.8 Å². The predicted molar refractivity (Wildman–Crippen MR) is 147 cm³/mol. The summed E-state index contributed by atoms with van der Waals surface area (Å²) in [4.78, 5) is 32.8. The Hall–Kier alpha value is -3.40. The number of amides is 2. The van der Waals surface area contributed by atoms with Gasteiger partial charge < -0.3 is 20.4 Å². The zero-order valence-corrected chi connectivity index (χ0v) is 22.5. The lowest BCUT2D eigenvalue weighted by atomic mass is 9.97. The van der Waals surface area contributed by atoms with E-state index in [2.05, 4.69) is 34.9 Å². The van der Waals surface area contributed by atoms with Crippen LogP contribution < -0.4 is 16.0 Å². The van der Waals surface area contributed by atoms with Crippen LogP contribution in [0.1, 0.15) is 46.4 Å². The lowest BCUT2D eigenvalue weighted by Gasteiger charge is -2.29. The van der Waals surface area contributed by atoms with E-state index in [1.54, 1.807) is 18.2 Å². The maximum atomic E-state index is 12.8. The third-order valence-corrected chi connectivity index (χ3v) is 7.52. The van der Waals surface area contributed by atoms with E-state index in [0.29, 0.717) is 29.4 Å². The van der Waals surface area contributed by atoms with Crippen molar-refractivity contribution in [3.05, 3.63) is 64.8 Å². The summed E-state index contributed by atoms with van der Waals surface area (Å²) < 4.78 is 6.16. The number of carbonyl (C=O) groups is 2. The summed E-state index contributed by atoms with van der Waals surface area (Å²) in [5, 5.41) is 10.6. The summed E-state index contributed by atoms with van der Waals surface area (Å²) in [5.41, 5.74) is 11.7. The maximum absolute atomic E-state index is 12.8. The van der Waals surface area contributed by atoms with Crippen LogP contribution in [0.2, 0.25) is 0 Å². The van der Waals surface area contributed by atoms with Gasteiger partial charge in [-0.25, -0.2) is 5.48 Å². The maximum Gasteiger partial charge on any atom is 0.261 e. The summed E-state index contributed by atoms with van der Waals surface area (Å²) in [6.45, 7) is 4.85. The van der Waals surface area contributed by atoms with E-state index in [-0.39, 0.29) is 6.42 Å². The number of likely N-dealkylation sites (tertiary alicyclic amines) is 1. The minimum atomic E-state index is -0.637. The third-order valence-electron chi connectivity index (χ3n) is 7.52. The second-order valence-electron chi connectivity index (χ2n) is 10.5. The van der Waals surface area contributed by atoms with E-state index in [0.717, 1.165) is 61.1 Å². The van der Waals surface area contributed by atoms with Crippen molar-refractivity contribution in [1.29, 1.82) is 0 Å². The smallest absolute Gasteiger partial charge is 0.261 e. The number of aryl methyl sites for hydroxylation is 1. The molecule has 204 valence electrons. The van der Waals surface area contributed by atoms with E-state index in [4.69, 9.17) is 10.5 Å². The number of nitrogens with two attached hydrogens (primary N) is 1. The van der Waals surface area contributed by atoms with Crippen LogP contribution in [0.4, 0.5) is 0 Å². The highest BCUT2D eigenvalue weighted by molar-refractivity contribution is 5.95. The average molecular weight is 522 g/mol. The number of nitrogens with zero attached hydrogens (tertiary/aromatic N) is 2. The Balaban J connectivity index is 1.55. The molecule has 0 radical (unpaired) electrons. The second kappa shape index (κ2) is 12.4. The van der Waals surface area contributed by atoms with Gasteiger partial charge in [-0.05, 0) is 95.5 Å². The van der Waals surface area contributed by atoms with Gasteiger partial charge in [0.2, 0.25) is 5.91 Å². The van der Waals surface area contributed by atoms with E-state index in [1.807, 2.05) is 30.6 Å². The number of rotatable bonds is 10. The monoisotopic (exact) mass is 521 g/mol. The van der Waals surface area contributed by atoms with Gasteiger partial charge in [0.15, 0.2) is 0 Å². The summed E-state index contributed by atoms with van der Waals surface area (Å²) in [6.07, 6.45) is 3.24. The van der Waals surface area contributed by atoms with Gasteiger partial charge in [-0.3, -0.25) is 19.7 Å². The number of para-hydroxylation sites is 1. The van der Waals surface area contributed by atoms with Crippen LogP contribution in [0.25, 0.3) is 10.9 Å². The fraction of sp³-hybridized carbons (Fsp3) is 0.448. The first-order chi connectivity index (χ1) is 18.3. The number of fused-ring (bicyclic) bond motifs is 1. The molecule has 0 aliphatic carbocycles. The molecule has 2 amide bonds. The Labute approximate surface area is 223 Å². The molecule has 1 fully saturated rings. The normalized spacial score (nSPS) is 17.3. The average Bonchev–Trinajstić information content (AvgIpc) is 3.04. The summed E-state index contributed by atoms with van der Waals surface area (Å²) in [6, 6.07) is 12.6. The highest BCUT2D eigenvalue weighted by Crippen LogP contribution is 2.27. The fourth-order valence-corrected chi connectivity index (χ4v) is 5.61. The molecular weight excluding hydrogens is 482 g/mol. The molecule has 1 aliphatic rings. The van der Waals surface area contributed by atoms with Crippen LogP contribution in [-0.4, -0.2) is 71.6 Å². The van der Waals surface area contributed by atoms with Crippen LogP contribution in [0.3, 0.4) is 0 Å². The topological polar surface area (TPSA) is 124 Å². The quantitative estimate of drug-likeness (QED) is 0.240. The van der Waals surface area contributed by atoms with Gasteiger partial charge in [0.1, 0.15) is 12.4 Å².